The zero-order chi connectivity index (χ0) is 22.1. The molecule has 2 amide bonds. The van der Waals surface area contributed by atoms with Gasteiger partial charge in [0.1, 0.15) is 6.10 Å². The van der Waals surface area contributed by atoms with E-state index in [1.54, 1.807) is 16.7 Å². The number of thiophene rings is 1. The average molecular weight is 441 g/mol. The summed E-state index contributed by atoms with van der Waals surface area (Å²) in [5.74, 6) is -0.00959. The number of aromatic nitrogens is 2. The van der Waals surface area contributed by atoms with Crippen LogP contribution in [0.2, 0.25) is 0 Å². The monoisotopic (exact) mass is 440 g/mol. The first-order valence-electron chi connectivity index (χ1n) is 10.6. The Labute approximate surface area is 186 Å². The number of nitrogens with zero attached hydrogens (tertiary/aromatic N) is 4. The van der Waals surface area contributed by atoms with Crippen LogP contribution in [0.3, 0.4) is 0 Å². The lowest BCUT2D eigenvalue weighted by atomic mass is 10.0. The normalized spacial score (nSPS) is 16.6. The number of fused-ring (bicyclic) bond motifs is 1. The highest BCUT2D eigenvalue weighted by molar-refractivity contribution is 7.21. The third kappa shape index (κ3) is 4.22. The summed E-state index contributed by atoms with van der Waals surface area (Å²) >= 11 is 1.49. The lowest BCUT2D eigenvalue weighted by Gasteiger charge is -2.33. The Morgan fingerprint density at radius 2 is 2.10 bits per heavy atom. The molecule has 2 aromatic heterocycles. The van der Waals surface area contributed by atoms with E-state index in [2.05, 4.69) is 5.10 Å². The first kappa shape index (κ1) is 21.5. The first-order chi connectivity index (χ1) is 14.9. The van der Waals surface area contributed by atoms with E-state index in [-0.39, 0.29) is 17.9 Å². The summed E-state index contributed by atoms with van der Waals surface area (Å²) < 4.78 is 9.00. The Bertz CT molecular complexity index is 1120. The number of benzene rings is 1. The Morgan fingerprint density at radius 1 is 1.32 bits per heavy atom. The minimum Gasteiger partial charge on any atom is -0.370 e. The highest BCUT2D eigenvalue weighted by atomic mass is 32.1. The maximum absolute atomic E-state index is 13.6. The van der Waals surface area contributed by atoms with Crippen molar-refractivity contribution >= 4 is 33.2 Å². The summed E-state index contributed by atoms with van der Waals surface area (Å²) in [7, 11) is 1.82. The van der Waals surface area contributed by atoms with Gasteiger partial charge in [0.05, 0.1) is 23.7 Å². The molecule has 0 unspecified atom stereocenters. The van der Waals surface area contributed by atoms with E-state index in [1.165, 1.54) is 11.3 Å². The summed E-state index contributed by atoms with van der Waals surface area (Å²) in [4.78, 5) is 29.7. The van der Waals surface area contributed by atoms with Crippen molar-refractivity contribution in [2.75, 3.05) is 26.7 Å². The predicted molar refractivity (Wildman–Crippen MR) is 121 cm³/mol. The van der Waals surface area contributed by atoms with Gasteiger partial charge in [0.25, 0.3) is 5.91 Å². The van der Waals surface area contributed by atoms with E-state index in [1.807, 2.05) is 56.0 Å². The van der Waals surface area contributed by atoms with Crippen LogP contribution >= 0.6 is 11.3 Å². The number of morpholine rings is 1. The fraction of sp³-hybridized carbons (Fsp3) is 0.435. The van der Waals surface area contributed by atoms with Crippen molar-refractivity contribution in [3.63, 3.8) is 0 Å². The summed E-state index contributed by atoms with van der Waals surface area (Å²) in [6, 6.07) is 8.02. The van der Waals surface area contributed by atoms with Gasteiger partial charge in [0, 0.05) is 55.6 Å². The third-order valence-electron chi connectivity index (χ3n) is 5.79. The SMILES string of the molecule is CCn1cc(CN(C)C(=O)c2sc3ccccc3c2[C@@H]2CN(C(C)=O)CCO2)c(C)n1. The standard InChI is InChI=1S/C23H28N4O3S/c1-5-27-13-17(15(2)24-27)12-25(4)23(29)22-21(18-8-6-7-9-20(18)31-22)19-14-26(16(3)28)10-11-30-19/h6-9,13,19H,5,10-12,14H2,1-4H3/t19-/m0/s1. The second-order valence-corrected chi connectivity index (χ2v) is 8.97. The molecule has 1 atom stereocenters. The Balaban J connectivity index is 1.68. The summed E-state index contributed by atoms with van der Waals surface area (Å²) in [5.41, 5.74) is 2.87. The molecule has 0 aliphatic carbocycles. The Morgan fingerprint density at radius 3 is 2.81 bits per heavy atom. The molecule has 31 heavy (non-hydrogen) atoms. The molecule has 1 aromatic carbocycles. The van der Waals surface area contributed by atoms with Crippen LogP contribution in [0.4, 0.5) is 0 Å². The molecule has 1 fully saturated rings. The zero-order valence-electron chi connectivity index (χ0n) is 18.4. The minimum atomic E-state index is -0.314. The maximum atomic E-state index is 13.6. The Hall–Kier alpha value is -2.71. The quantitative estimate of drug-likeness (QED) is 0.608. The van der Waals surface area contributed by atoms with Crippen LogP contribution < -0.4 is 0 Å². The summed E-state index contributed by atoms with van der Waals surface area (Å²) in [5, 5.41) is 5.51. The largest absolute Gasteiger partial charge is 0.370 e. The zero-order valence-corrected chi connectivity index (χ0v) is 19.2. The minimum absolute atomic E-state index is 0.0289. The molecule has 0 N–H and O–H groups in total. The van der Waals surface area contributed by atoms with Gasteiger partial charge in [0.2, 0.25) is 5.91 Å². The van der Waals surface area contributed by atoms with Crippen LogP contribution in [-0.4, -0.2) is 58.1 Å². The molecule has 0 radical (unpaired) electrons. The van der Waals surface area contributed by atoms with Gasteiger partial charge in [-0.2, -0.15) is 5.10 Å². The van der Waals surface area contributed by atoms with E-state index in [9.17, 15) is 9.59 Å². The lowest BCUT2D eigenvalue weighted by molar-refractivity contribution is -0.136. The van der Waals surface area contributed by atoms with Crippen molar-refractivity contribution in [3.8, 4) is 0 Å². The van der Waals surface area contributed by atoms with E-state index in [4.69, 9.17) is 4.74 Å². The molecule has 1 aliphatic rings. The van der Waals surface area contributed by atoms with Crippen LogP contribution in [0.5, 0.6) is 0 Å². The van der Waals surface area contributed by atoms with E-state index >= 15 is 0 Å². The summed E-state index contributed by atoms with van der Waals surface area (Å²) in [6.45, 7) is 8.38. The van der Waals surface area contributed by atoms with Crippen molar-refractivity contribution < 1.29 is 14.3 Å². The van der Waals surface area contributed by atoms with E-state index in [0.29, 0.717) is 31.1 Å². The molecule has 8 heteroatoms. The van der Waals surface area contributed by atoms with Gasteiger partial charge in [-0.15, -0.1) is 11.3 Å². The molecule has 0 saturated carbocycles. The number of aryl methyl sites for hydroxylation is 2. The van der Waals surface area contributed by atoms with Gasteiger partial charge in [-0.25, -0.2) is 0 Å². The number of carbonyl (C=O) groups excluding carboxylic acids is 2. The average Bonchev–Trinajstić information content (AvgIpc) is 3.33. The fourth-order valence-corrected chi connectivity index (χ4v) is 5.28. The lowest BCUT2D eigenvalue weighted by Crippen LogP contribution is -2.41. The van der Waals surface area contributed by atoms with Crippen LogP contribution in [0, 0.1) is 6.92 Å². The molecule has 3 aromatic rings. The molecule has 1 saturated heterocycles. The van der Waals surface area contributed by atoms with Crippen molar-refractivity contribution in [2.45, 2.75) is 40.0 Å². The van der Waals surface area contributed by atoms with Crippen LogP contribution in [0.15, 0.2) is 30.5 Å². The molecule has 3 heterocycles. The van der Waals surface area contributed by atoms with Gasteiger partial charge in [-0.05, 0) is 25.3 Å². The van der Waals surface area contributed by atoms with Gasteiger partial charge in [-0.1, -0.05) is 18.2 Å². The van der Waals surface area contributed by atoms with Crippen molar-refractivity contribution in [2.24, 2.45) is 0 Å². The maximum Gasteiger partial charge on any atom is 0.264 e. The number of ether oxygens (including phenoxy) is 1. The second kappa shape index (κ2) is 8.80. The van der Waals surface area contributed by atoms with Crippen LogP contribution in [0.25, 0.3) is 10.1 Å². The number of amides is 2. The smallest absolute Gasteiger partial charge is 0.264 e. The first-order valence-corrected chi connectivity index (χ1v) is 11.4. The van der Waals surface area contributed by atoms with Crippen LogP contribution in [0.1, 0.15) is 46.4 Å². The number of hydrogen-bond donors (Lipinski definition) is 0. The molecule has 1 aliphatic heterocycles. The van der Waals surface area contributed by atoms with Crippen molar-refractivity contribution in [1.29, 1.82) is 0 Å². The molecule has 164 valence electrons. The highest BCUT2D eigenvalue weighted by Crippen LogP contribution is 2.39. The topological polar surface area (TPSA) is 67.7 Å². The van der Waals surface area contributed by atoms with Crippen LogP contribution in [-0.2, 0) is 22.6 Å². The third-order valence-corrected chi connectivity index (χ3v) is 6.96. The van der Waals surface area contributed by atoms with Gasteiger partial charge >= 0.3 is 0 Å². The molecule has 4 rings (SSSR count). The van der Waals surface area contributed by atoms with E-state index in [0.717, 1.165) is 33.5 Å². The number of hydrogen-bond acceptors (Lipinski definition) is 5. The van der Waals surface area contributed by atoms with Gasteiger partial charge in [-0.3, -0.25) is 14.3 Å². The second-order valence-electron chi connectivity index (χ2n) is 7.92. The summed E-state index contributed by atoms with van der Waals surface area (Å²) in [6.07, 6.45) is 1.69. The molecular weight excluding hydrogens is 412 g/mol. The predicted octanol–water partition coefficient (Wildman–Crippen LogP) is 3.62. The van der Waals surface area contributed by atoms with Crippen molar-refractivity contribution in [1.82, 2.24) is 19.6 Å². The molecular formula is C23H28N4O3S. The van der Waals surface area contributed by atoms with Gasteiger partial charge in [0.15, 0.2) is 0 Å². The number of carbonyl (C=O) groups is 2. The fourth-order valence-electron chi connectivity index (χ4n) is 4.03. The van der Waals surface area contributed by atoms with E-state index < -0.39 is 0 Å². The Kier molecular flexibility index (Phi) is 6.11. The van der Waals surface area contributed by atoms with Crippen molar-refractivity contribution in [3.05, 3.63) is 52.2 Å². The molecule has 0 bridgehead atoms. The number of rotatable bonds is 5. The molecule has 0 spiro atoms. The van der Waals surface area contributed by atoms with Gasteiger partial charge < -0.3 is 14.5 Å². The highest BCUT2D eigenvalue weighted by Gasteiger charge is 2.31. The molecule has 7 nitrogen and oxygen atoms in total.